The van der Waals surface area contributed by atoms with E-state index in [1.165, 1.54) is 49.5 Å². The van der Waals surface area contributed by atoms with E-state index >= 15 is 0 Å². The highest BCUT2D eigenvalue weighted by molar-refractivity contribution is 7.91. The van der Waals surface area contributed by atoms with Crippen molar-refractivity contribution in [3.63, 3.8) is 0 Å². The zero-order valence-electron chi connectivity index (χ0n) is 14.5. The molecule has 0 fully saturated rings. The molecule has 0 atom stereocenters. The molecule has 1 aromatic heterocycles. The molecule has 3 aromatic rings. The van der Waals surface area contributed by atoms with E-state index in [0.717, 1.165) is 10.4 Å². The molecule has 11 heteroatoms. The fourth-order valence-corrected chi connectivity index (χ4v) is 4.48. The van der Waals surface area contributed by atoms with Crippen LogP contribution in [-0.2, 0) is 16.6 Å². The minimum Gasteiger partial charge on any atom is -0.296 e. The lowest BCUT2D eigenvalue weighted by atomic mass is 10.2. The van der Waals surface area contributed by atoms with E-state index < -0.39 is 27.6 Å². The molecule has 0 aliphatic carbocycles. The lowest BCUT2D eigenvalue weighted by Crippen LogP contribution is -2.26. The molecule has 7 nitrogen and oxygen atoms in total. The summed E-state index contributed by atoms with van der Waals surface area (Å²) in [6.45, 7) is -0.000881. The number of benzene rings is 2. The molecule has 1 heterocycles. The molecule has 0 aliphatic rings. The van der Waals surface area contributed by atoms with Crippen molar-refractivity contribution in [3.8, 4) is 0 Å². The summed E-state index contributed by atoms with van der Waals surface area (Å²) < 4.78 is 52.6. The van der Waals surface area contributed by atoms with Crippen molar-refractivity contribution >= 4 is 32.4 Å². The van der Waals surface area contributed by atoms with Gasteiger partial charge in [0.2, 0.25) is 9.47 Å². The Balaban J connectivity index is 1.73. The second kappa shape index (κ2) is 8.09. The molecule has 0 aliphatic heterocycles. The second-order valence-corrected chi connectivity index (χ2v) is 8.89. The highest BCUT2D eigenvalue weighted by Gasteiger charge is 2.26. The predicted molar refractivity (Wildman–Crippen MR) is 99.3 cm³/mol. The summed E-state index contributed by atoms with van der Waals surface area (Å²) in [6, 6.07) is 10.8. The monoisotopic (exact) mass is 424 g/mol. The van der Waals surface area contributed by atoms with E-state index in [1.807, 2.05) is 0 Å². The van der Waals surface area contributed by atoms with Crippen molar-refractivity contribution in [1.29, 1.82) is 0 Å². The number of aromatic nitrogens is 2. The Kier molecular flexibility index (Phi) is 5.77. The summed E-state index contributed by atoms with van der Waals surface area (Å²) in [4.78, 5) is 12.1. The van der Waals surface area contributed by atoms with Gasteiger partial charge in [-0.1, -0.05) is 35.6 Å². The van der Waals surface area contributed by atoms with E-state index in [-0.39, 0.29) is 21.6 Å². The van der Waals surface area contributed by atoms with Crippen molar-refractivity contribution in [2.24, 2.45) is 0 Å². The maximum atomic E-state index is 13.7. The fraction of sp³-hybridized carbons (Fsp3) is 0.118. The van der Waals surface area contributed by atoms with Crippen LogP contribution >= 0.6 is 11.3 Å². The average Bonchev–Trinajstić information content (AvgIpc) is 3.13. The van der Waals surface area contributed by atoms with Crippen molar-refractivity contribution in [3.05, 3.63) is 71.3 Å². The van der Waals surface area contributed by atoms with Crippen molar-refractivity contribution in [2.45, 2.75) is 10.9 Å². The average molecular weight is 424 g/mol. The van der Waals surface area contributed by atoms with Crippen LogP contribution in [0.3, 0.4) is 0 Å². The minimum absolute atomic E-state index is 0.000881. The van der Waals surface area contributed by atoms with Crippen LogP contribution in [0.1, 0.15) is 15.9 Å². The molecule has 2 aromatic carbocycles. The molecular formula is C17H14F2N4O3S2. The third-order valence-electron chi connectivity index (χ3n) is 3.69. The molecule has 0 radical (unpaired) electrons. The third-order valence-corrected chi connectivity index (χ3v) is 6.68. The zero-order valence-corrected chi connectivity index (χ0v) is 16.1. The van der Waals surface area contributed by atoms with Gasteiger partial charge < -0.3 is 0 Å². The number of halogens is 2. The number of carbonyl (C=O) groups is 1. The molecule has 0 unspecified atom stereocenters. The summed E-state index contributed by atoms with van der Waals surface area (Å²) in [5.74, 6) is -1.90. The largest absolute Gasteiger partial charge is 0.296 e. The molecule has 0 saturated heterocycles. The molecular weight excluding hydrogens is 410 g/mol. The SMILES string of the molecule is CN(Cc1ccc(F)cc1)S(=O)(=O)c1nnc(NC(=O)c2ccccc2F)s1. The van der Waals surface area contributed by atoms with Crippen molar-refractivity contribution in [1.82, 2.24) is 14.5 Å². The number of sulfonamides is 1. The lowest BCUT2D eigenvalue weighted by molar-refractivity contribution is 0.102. The number of hydrogen-bond donors (Lipinski definition) is 1. The van der Waals surface area contributed by atoms with E-state index in [4.69, 9.17) is 0 Å². The Morgan fingerprint density at radius 3 is 2.46 bits per heavy atom. The van der Waals surface area contributed by atoms with E-state index in [0.29, 0.717) is 16.9 Å². The van der Waals surface area contributed by atoms with Crippen LogP contribution in [-0.4, -0.2) is 35.9 Å². The number of anilines is 1. The molecule has 0 spiro atoms. The van der Waals surface area contributed by atoms with Crippen LogP contribution in [0.15, 0.2) is 52.9 Å². The van der Waals surface area contributed by atoms with Crippen LogP contribution in [0.4, 0.5) is 13.9 Å². The quantitative estimate of drug-likeness (QED) is 0.615. The van der Waals surface area contributed by atoms with Gasteiger partial charge in [0.25, 0.3) is 15.9 Å². The fourth-order valence-electron chi connectivity index (χ4n) is 2.24. The summed E-state index contributed by atoms with van der Waals surface area (Å²) in [6.07, 6.45) is 0. The molecule has 28 heavy (non-hydrogen) atoms. The Hall–Kier alpha value is -2.76. The highest BCUT2D eigenvalue weighted by atomic mass is 32.2. The van der Waals surface area contributed by atoms with Gasteiger partial charge in [0, 0.05) is 13.6 Å². The number of carbonyl (C=O) groups excluding carboxylic acids is 1. The predicted octanol–water partition coefficient (Wildman–Crippen LogP) is 2.89. The van der Waals surface area contributed by atoms with Gasteiger partial charge in [0.05, 0.1) is 5.56 Å². The van der Waals surface area contributed by atoms with Gasteiger partial charge >= 0.3 is 0 Å². The summed E-state index contributed by atoms with van der Waals surface area (Å²) in [5, 5.41) is 9.49. The van der Waals surface area contributed by atoms with Crippen LogP contribution in [0.5, 0.6) is 0 Å². The van der Waals surface area contributed by atoms with Crippen molar-refractivity contribution < 1.29 is 22.0 Å². The maximum Gasteiger partial charge on any atom is 0.272 e. The van der Waals surface area contributed by atoms with E-state index in [1.54, 1.807) is 0 Å². The van der Waals surface area contributed by atoms with E-state index in [2.05, 4.69) is 15.5 Å². The number of nitrogens with zero attached hydrogens (tertiary/aromatic N) is 3. The van der Waals surface area contributed by atoms with Crippen LogP contribution in [0.2, 0.25) is 0 Å². The standard InChI is InChI=1S/C17H14F2N4O3S2/c1-23(10-11-6-8-12(18)9-7-11)28(25,26)17-22-21-16(27-17)20-15(24)13-4-2-3-5-14(13)19/h2-9H,10H2,1H3,(H,20,21,24). The Bertz CT molecular complexity index is 1100. The van der Waals surface area contributed by atoms with Gasteiger partial charge in [-0.2, -0.15) is 4.31 Å². The summed E-state index contributed by atoms with van der Waals surface area (Å²) in [7, 11) is -2.63. The molecule has 1 N–H and O–H groups in total. The van der Waals surface area contributed by atoms with Crippen LogP contribution < -0.4 is 5.32 Å². The zero-order chi connectivity index (χ0) is 20.3. The van der Waals surface area contributed by atoms with E-state index in [9.17, 15) is 22.0 Å². The maximum absolute atomic E-state index is 13.7. The van der Waals surface area contributed by atoms with Gasteiger partial charge in [-0.05, 0) is 29.8 Å². The first kappa shape index (κ1) is 20.0. The lowest BCUT2D eigenvalue weighted by Gasteiger charge is -2.14. The Morgan fingerprint density at radius 2 is 1.79 bits per heavy atom. The summed E-state index contributed by atoms with van der Waals surface area (Å²) >= 11 is 0.644. The number of hydrogen-bond acceptors (Lipinski definition) is 6. The number of nitrogens with one attached hydrogen (secondary N) is 1. The van der Waals surface area contributed by atoms with Gasteiger partial charge in [0.1, 0.15) is 11.6 Å². The minimum atomic E-state index is -3.98. The van der Waals surface area contributed by atoms with Gasteiger partial charge in [-0.15, -0.1) is 10.2 Å². The highest BCUT2D eigenvalue weighted by Crippen LogP contribution is 2.24. The molecule has 146 valence electrons. The molecule has 1 amide bonds. The van der Waals surface area contributed by atoms with Crippen molar-refractivity contribution in [2.75, 3.05) is 12.4 Å². The molecule has 3 rings (SSSR count). The number of rotatable bonds is 6. The smallest absolute Gasteiger partial charge is 0.272 e. The Labute approximate surface area is 163 Å². The number of amides is 1. The normalized spacial score (nSPS) is 11.6. The summed E-state index contributed by atoms with van der Waals surface area (Å²) in [5.41, 5.74) is 0.389. The van der Waals surface area contributed by atoms with Crippen LogP contribution in [0.25, 0.3) is 0 Å². The first-order chi connectivity index (χ1) is 13.3. The van der Waals surface area contributed by atoms with Gasteiger partial charge in [-0.25, -0.2) is 17.2 Å². The second-order valence-electron chi connectivity index (χ2n) is 5.69. The first-order valence-electron chi connectivity index (χ1n) is 7.87. The molecule has 0 saturated carbocycles. The topological polar surface area (TPSA) is 92.3 Å². The first-order valence-corrected chi connectivity index (χ1v) is 10.1. The third kappa shape index (κ3) is 4.38. The van der Waals surface area contributed by atoms with Gasteiger partial charge in [-0.3, -0.25) is 10.1 Å². The molecule has 0 bridgehead atoms. The Morgan fingerprint density at radius 1 is 1.11 bits per heavy atom. The van der Waals surface area contributed by atoms with Gasteiger partial charge in [0.15, 0.2) is 0 Å². The van der Waals surface area contributed by atoms with Crippen LogP contribution in [0, 0.1) is 11.6 Å².